The van der Waals surface area contributed by atoms with Gasteiger partial charge in [-0.1, -0.05) is 57.5 Å². The third kappa shape index (κ3) is 5.31. The highest BCUT2D eigenvalue weighted by atomic mass is 16.6. The van der Waals surface area contributed by atoms with Crippen LogP contribution in [0.25, 0.3) is 0 Å². The Labute approximate surface area is 236 Å². The number of fused-ring (bicyclic) bond motifs is 1. The topological polar surface area (TPSA) is 90.9 Å². The zero-order valence-corrected chi connectivity index (χ0v) is 23.8. The van der Waals surface area contributed by atoms with Crippen LogP contribution in [-0.2, 0) is 16.1 Å². The summed E-state index contributed by atoms with van der Waals surface area (Å²) in [6.07, 6.45) is 6.69. The van der Waals surface area contributed by atoms with Crippen molar-refractivity contribution in [3.63, 3.8) is 0 Å². The van der Waals surface area contributed by atoms with Gasteiger partial charge in [0.2, 0.25) is 11.9 Å². The fourth-order valence-corrected chi connectivity index (χ4v) is 6.37. The van der Waals surface area contributed by atoms with Gasteiger partial charge in [-0.15, -0.1) is 0 Å². The SMILES string of the molecule is C=CC(=O)N1CC2(C1)CN(C(CC1CC1)c1ccc([C@H](C)Nc3ncc4c(n3)N(CC(C)C)C(=O)OC4)cc1)C2. The smallest absolute Gasteiger partial charge is 0.415 e. The van der Waals surface area contributed by atoms with Crippen molar-refractivity contribution in [3.05, 3.63) is 59.8 Å². The molecular formula is C31H40N6O3. The molecule has 1 aliphatic carbocycles. The number of anilines is 2. The average molecular weight is 545 g/mol. The summed E-state index contributed by atoms with van der Waals surface area (Å²) in [5, 5.41) is 3.43. The van der Waals surface area contributed by atoms with Gasteiger partial charge >= 0.3 is 6.09 Å². The molecule has 1 N–H and O–H groups in total. The molecule has 212 valence electrons. The van der Waals surface area contributed by atoms with Crippen molar-refractivity contribution < 1.29 is 14.3 Å². The van der Waals surface area contributed by atoms with E-state index in [2.05, 4.69) is 66.8 Å². The van der Waals surface area contributed by atoms with E-state index in [-0.39, 0.29) is 36.0 Å². The molecule has 2 atom stereocenters. The molecular weight excluding hydrogens is 504 g/mol. The largest absolute Gasteiger partial charge is 0.444 e. The number of carbonyl (C=O) groups excluding carboxylic acids is 2. The van der Waals surface area contributed by atoms with Crippen molar-refractivity contribution in [1.82, 2.24) is 19.8 Å². The lowest BCUT2D eigenvalue weighted by Gasteiger charge is -2.62. The minimum absolute atomic E-state index is 0.00120. The van der Waals surface area contributed by atoms with Gasteiger partial charge in [-0.3, -0.25) is 14.6 Å². The number of amides is 2. The van der Waals surface area contributed by atoms with E-state index < -0.39 is 0 Å². The first-order valence-electron chi connectivity index (χ1n) is 14.6. The number of hydrogen-bond donors (Lipinski definition) is 1. The van der Waals surface area contributed by atoms with Crippen LogP contribution < -0.4 is 10.2 Å². The molecule has 2 aromatic rings. The Morgan fingerprint density at radius 1 is 1.15 bits per heavy atom. The van der Waals surface area contributed by atoms with Crippen LogP contribution in [0.15, 0.2) is 43.1 Å². The quantitative estimate of drug-likeness (QED) is 0.424. The first-order chi connectivity index (χ1) is 19.2. The third-order valence-electron chi connectivity index (χ3n) is 8.69. The third-order valence-corrected chi connectivity index (χ3v) is 8.69. The lowest BCUT2D eigenvalue weighted by Crippen LogP contribution is -2.73. The predicted octanol–water partition coefficient (Wildman–Crippen LogP) is 4.93. The second-order valence-electron chi connectivity index (χ2n) is 12.6. The fraction of sp³-hybridized carbons (Fsp3) is 0.548. The second-order valence-corrected chi connectivity index (χ2v) is 12.6. The Morgan fingerprint density at radius 3 is 2.50 bits per heavy atom. The van der Waals surface area contributed by atoms with E-state index in [1.54, 1.807) is 11.1 Å². The van der Waals surface area contributed by atoms with Crippen molar-refractivity contribution in [1.29, 1.82) is 0 Å². The number of hydrogen-bond acceptors (Lipinski definition) is 7. The van der Waals surface area contributed by atoms with Crippen LogP contribution in [-0.4, -0.2) is 64.5 Å². The molecule has 1 unspecified atom stereocenters. The molecule has 2 amide bonds. The number of nitrogens with one attached hydrogen (secondary N) is 1. The highest BCUT2D eigenvalue weighted by molar-refractivity contribution is 5.89. The molecule has 3 fully saturated rings. The Kier molecular flexibility index (Phi) is 7.02. The number of benzene rings is 1. The summed E-state index contributed by atoms with van der Waals surface area (Å²) < 4.78 is 5.30. The summed E-state index contributed by atoms with van der Waals surface area (Å²) in [5.41, 5.74) is 3.62. The van der Waals surface area contributed by atoms with Gasteiger partial charge in [0.25, 0.3) is 0 Å². The van der Waals surface area contributed by atoms with E-state index in [1.807, 2.05) is 4.90 Å². The molecule has 9 nitrogen and oxygen atoms in total. The van der Waals surface area contributed by atoms with Crippen LogP contribution in [0.4, 0.5) is 16.6 Å². The zero-order valence-electron chi connectivity index (χ0n) is 23.8. The molecule has 4 aliphatic rings. The van der Waals surface area contributed by atoms with E-state index >= 15 is 0 Å². The van der Waals surface area contributed by atoms with Crippen molar-refractivity contribution in [2.24, 2.45) is 17.3 Å². The van der Waals surface area contributed by atoms with Gasteiger partial charge in [-0.2, -0.15) is 4.98 Å². The Morgan fingerprint density at radius 2 is 1.85 bits per heavy atom. The predicted molar refractivity (Wildman–Crippen MR) is 154 cm³/mol. The molecule has 1 spiro atoms. The first kappa shape index (κ1) is 26.7. The summed E-state index contributed by atoms with van der Waals surface area (Å²) in [5.74, 6) is 2.30. The summed E-state index contributed by atoms with van der Waals surface area (Å²) in [4.78, 5) is 39.6. The van der Waals surface area contributed by atoms with Crippen LogP contribution >= 0.6 is 0 Å². The molecule has 40 heavy (non-hydrogen) atoms. The lowest BCUT2D eigenvalue weighted by molar-refractivity contribution is -0.159. The van der Waals surface area contributed by atoms with Crippen molar-refractivity contribution >= 4 is 23.8 Å². The Hall–Kier alpha value is -3.46. The molecule has 6 rings (SSSR count). The number of nitrogens with zero attached hydrogens (tertiary/aromatic N) is 5. The summed E-state index contributed by atoms with van der Waals surface area (Å²) in [6.45, 7) is 14.4. The van der Waals surface area contributed by atoms with E-state index in [4.69, 9.17) is 9.72 Å². The first-order valence-corrected chi connectivity index (χ1v) is 14.6. The molecule has 0 bridgehead atoms. The van der Waals surface area contributed by atoms with Crippen molar-refractivity contribution in [2.45, 2.75) is 58.7 Å². The fourth-order valence-electron chi connectivity index (χ4n) is 6.37. The summed E-state index contributed by atoms with van der Waals surface area (Å²) in [7, 11) is 0. The van der Waals surface area contributed by atoms with E-state index in [9.17, 15) is 9.59 Å². The van der Waals surface area contributed by atoms with E-state index in [1.165, 1.54) is 30.9 Å². The second kappa shape index (κ2) is 10.5. The maximum Gasteiger partial charge on any atom is 0.415 e. The minimum atomic E-state index is -0.358. The number of likely N-dealkylation sites (tertiary alicyclic amines) is 2. The highest BCUT2D eigenvalue weighted by Crippen LogP contribution is 2.48. The molecule has 3 aliphatic heterocycles. The number of ether oxygens (including phenoxy) is 1. The van der Waals surface area contributed by atoms with E-state index in [0.29, 0.717) is 24.4 Å². The van der Waals surface area contributed by atoms with Crippen LogP contribution in [0, 0.1) is 17.3 Å². The monoisotopic (exact) mass is 544 g/mol. The van der Waals surface area contributed by atoms with Gasteiger partial charge in [0, 0.05) is 50.4 Å². The van der Waals surface area contributed by atoms with Crippen LogP contribution in [0.2, 0.25) is 0 Å². The van der Waals surface area contributed by atoms with Crippen LogP contribution in [0.1, 0.15) is 68.8 Å². The lowest BCUT2D eigenvalue weighted by atomic mass is 9.71. The number of carbonyl (C=O) groups is 2. The van der Waals surface area contributed by atoms with Crippen LogP contribution in [0.3, 0.4) is 0 Å². The number of cyclic esters (lactones) is 1. The maximum absolute atomic E-state index is 12.4. The standard InChI is InChI=1S/C31H40N6O3/c1-5-27(38)36-18-31(19-36)16-35(17-31)26(12-22-6-7-22)24-10-8-23(9-11-24)21(4)33-29-32-13-25-15-40-30(39)37(14-20(2)3)28(25)34-29/h5,8-11,13,20-22,26H,1,6-7,12,14-19H2,2-4H3,(H,32,33,34)/t21-,26?/m0/s1. The number of rotatable bonds is 10. The number of aromatic nitrogens is 2. The Balaban J connectivity index is 1.11. The molecule has 4 heterocycles. The van der Waals surface area contributed by atoms with Gasteiger partial charge in [-0.05, 0) is 42.4 Å². The van der Waals surface area contributed by atoms with Crippen molar-refractivity contribution in [3.8, 4) is 0 Å². The molecule has 2 saturated heterocycles. The zero-order chi connectivity index (χ0) is 28.0. The summed E-state index contributed by atoms with van der Waals surface area (Å²) >= 11 is 0. The van der Waals surface area contributed by atoms with Crippen molar-refractivity contribution in [2.75, 3.05) is 42.9 Å². The van der Waals surface area contributed by atoms with Gasteiger partial charge in [0.05, 0.1) is 11.6 Å². The van der Waals surface area contributed by atoms with E-state index in [0.717, 1.165) is 43.2 Å². The molecule has 1 aromatic heterocycles. The van der Waals surface area contributed by atoms with Gasteiger partial charge in [0.1, 0.15) is 12.4 Å². The van der Waals surface area contributed by atoms with Crippen LogP contribution in [0.5, 0.6) is 0 Å². The Bertz CT molecular complexity index is 1280. The molecule has 9 heteroatoms. The maximum atomic E-state index is 12.4. The van der Waals surface area contributed by atoms with Gasteiger partial charge < -0.3 is 15.0 Å². The molecule has 1 aromatic carbocycles. The highest BCUT2D eigenvalue weighted by Gasteiger charge is 2.54. The van der Waals surface area contributed by atoms with Gasteiger partial charge in [-0.25, -0.2) is 9.78 Å². The average Bonchev–Trinajstić information content (AvgIpc) is 3.72. The molecule has 1 saturated carbocycles. The molecule has 0 radical (unpaired) electrons. The normalized spacial score (nSPS) is 21.2. The minimum Gasteiger partial charge on any atom is -0.444 e. The van der Waals surface area contributed by atoms with Gasteiger partial charge in [0.15, 0.2) is 0 Å². The summed E-state index contributed by atoms with van der Waals surface area (Å²) in [6, 6.07) is 9.38.